The number of nitrogens with one attached hydrogen (secondary N) is 1. The summed E-state index contributed by atoms with van der Waals surface area (Å²) >= 11 is 1.51. The monoisotopic (exact) mass is 472 g/mol. The molecule has 1 amide bonds. The molecule has 0 aromatic heterocycles. The van der Waals surface area contributed by atoms with Gasteiger partial charge in [-0.25, -0.2) is 8.42 Å². The summed E-state index contributed by atoms with van der Waals surface area (Å²) in [5, 5.41) is 2.73. The van der Waals surface area contributed by atoms with Gasteiger partial charge in [0, 0.05) is 4.90 Å². The molecular formula is C23H24N2O5S2. The molecule has 0 aliphatic carbocycles. The number of carbonyl (C=O) groups excluding carboxylic acids is 1. The highest BCUT2D eigenvalue weighted by Crippen LogP contribution is 2.33. The van der Waals surface area contributed by atoms with Crippen LogP contribution in [0.3, 0.4) is 0 Å². The van der Waals surface area contributed by atoms with Crippen LogP contribution in [0.15, 0.2) is 82.6 Å². The number of carbonyl (C=O) groups is 1. The first-order chi connectivity index (χ1) is 15.4. The first kappa shape index (κ1) is 23.5. The number of sulfonamides is 1. The van der Waals surface area contributed by atoms with Crippen LogP contribution >= 0.6 is 11.8 Å². The first-order valence-corrected chi connectivity index (χ1v) is 12.3. The van der Waals surface area contributed by atoms with Crippen LogP contribution in [0.1, 0.15) is 0 Å². The number of hydrogen-bond acceptors (Lipinski definition) is 6. The average Bonchev–Trinajstić information content (AvgIpc) is 2.82. The highest BCUT2D eigenvalue weighted by atomic mass is 32.2. The molecule has 0 atom stereocenters. The molecule has 3 aromatic carbocycles. The van der Waals surface area contributed by atoms with Gasteiger partial charge < -0.3 is 14.8 Å². The number of thioether (sulfide) groups is 1. The lowest BCUT2D eigenvalue weighted by Gasteiger charge is -2.25. The Morgan fingerprint density at radius 1 is 0.906 bits per heavy atom. The fourth-order valence-electron chi connectivity index (χ4n) is 3.08. The predicted molar refractivity (Wildman–Crippen MR) is 127 cm³/mol. The Morgan fingerprint density at radius 2 is 1.50 bits per heavy atom. The van der Waals surface area contributed by atoms with Gasteiger partial charge in [-0.2, -0.15) is 0 Å². The van der Waals surface area contributed by atoms with Crippen LogP contribution in [0.4, 0.5) is 11.4 Å². The standard InChI is InChI=1S/C23H24N2O5S2/c1-29-21-10-6-4-8-19(21)24-23(26)16-25(20-9-5-7-11-22(20)30-2)32(27,28)18-14-12-17(31-3)13-15-18/h4-15H,16H2,1-3H3,(H,24,26). The summed E-state index contributed by atoms with van der Waals surface area (Å²) < 4.78 is 38.8. The van der Waals surface area contributed by atoms with E-state index in [-0.39, 0.29) is 10.6 Å². The molecule has 0 heterocycles. The third-order valence-corrected chi connectivity index (χ3v) is 7.19. The lowest BCUT2D eigenvalue weighted by Crippen LogP contribution is -2.38. The van der Waals surface area contributed by atoms with E-state index in [1.54, 1.807) is 60.7 Å². The van der Waals surface area contributed by atoms with E-state index in [1.807, 2.05) is 6.26 Å². The van der Waals surface area contributed by atoms with Gasteiger partial charge in [-0.05, 0) is 54.8 Å². The summed E-state index contributed by atoms with van der Waals surface area (Å²) in [4.78, 5) is 13.9. The first-order valence-electron chi connectivity index (χ1n) is 9.63. The van der Waals surface area contributed by atoms with Gasteiger partial charge in [-0.15, -0.1) is 11.8 Å². The van der Waals surface area contributed by atoms with Crippen LogP contribution in [0.25, 0.3) is 0 Å². The van der Waals surface area contributed by atoms with Crippen molar-refractivity contribution in [2.24, 2.45) is 0 Å². The minimum atomic E-state index is -4.06. The topological polar surface area (TPSA) is 84.9 Å². The molecule has 0 saturated carbocycles. The van der Waals surface area contributed by atoms with E-state index >= 15 is 0 Å². The van der Waals surface area contributed by atoms with Crippen molar-refractivity contribution in [1.82, 2.24) is 0 Å². The van der Waals surface area contributed by atoms with Crippen molar-refractivity contribution >= 4 is 39.1 Å². The molecule has 0 unspecified atom stereocenters. The number of anilines is 2. The van der Waals surface area contributed by atoms with Crippen molar-refractivity contribution in [2.75, 3.05) is 36.6 Å². The number of benzene rings is 3. The highest BCUT2D eigenvalue weighted by molar-refractivity contribution is 7.98. The van der Waals surface area contributed by atoms with Crippen molar-refractivity contribution in [1.29, 1.82) is 0 Å². The van der Waals surface area contributed by atoms with E-state index in [0.29, 0.717) is 17.2 Å². The Balaban J connectivity index is 2.00. The second-order valence-corrected chi connectivity index (χ2v) is 9.35. The maximum atomic E-state index is 13.6. The van der Waals surface area contributed by atoms with Crippen LogP contribution in [0.2, 0.25) is 0 Å². The number of methoxy groups -OCH3 is 2. The maximum absolute atomic E-state index is 13.6. The zero-order valence-electron chi connectivity index (χ0n) is 17.9. The zero-order valence-corrected chi connectivity index (χ0v) is 19.6. The zero-order chi connectivity index (χ0) is 23.1. The highest BCUT2D eigenvalue weighted by Gasteiger charge is 2.29. The summed E-state index contributed by atoms with van der Waals surface area (Å²) in [5.41, 5.74) is 0.709. The van der Waals surface area contributed by atoms with Crippen molar-refractivity contribution < 1.29 is 22.7 Å². The molecule has 3 aromatic rings. The number of rotatable bonds is 9. The van der Waals surface area contributed by atoms with E-state index in [2.05, 4.69) is 5.32 Å². The van der Waals surface area contributed by atoms with Crippen molar-refractivity contribution in [3.05, 3.63) is 72.8 Å². The molecule has 7 nitrogen and oxygen atoms in total. The molecule has 0 aliphatic heterocycles. The van der Waals surface area contributed by atoms with E-state index < -0.39 is 22.5 Å². The Labute approximate surface area is 192 Å². The van der Waals surface area contributed by atoms with Gasteiger partial charge in [0.15, 0.2) is 0 Å². The van der Waals surface area contributed by atoms with Crippen LogP contribution in [-0.2, 0) is 14.8 Å². The van der Waals surface area contributed by atoms with Gasteiger partial charge >= 0.3 is 0 Å². The van der Waals surface area contributed by atoms with Gasteiger partial charge in [0.1, 0.15) is 18.0 Å². The fourth-order valence-corrected chi connectivity index (χ4v) is 4.92. The number of amides is 1. The Morgan fingerprint density at radius 3 is 2.12 bits per heavy atom. The smallest absolute Gasteiger partial charge is 0.264 e. The summed E-state index contributed by atoms with van der Waals surface area (Å²) in [6.07, 6.45) is 1.91. The number of hydrogen-bond donors (Lipinski definition) is 1. The van der Waals surface area contributed by atoms with Gasteiger partial charge in [0.2, 0.25) is 5.91 Å². The summed E-state index contributed by atoms with van der Waals surface area (Å²) in [7, 11) is -1.12. The summed E-state index contributed by atoms with van der Waals surface area (Å²) in [5.74, 6) is 0.284. The van der Waals surface area contributed by atoms with Crippen LogP contribution < -0.4 is 19.1 Å². The molecule has 9 heteroatoms. The molecule has 1 N–H and O–H groups in total. The maximum Gasteiger partial charge on any atom is 0.264 e. The Kier molecular flexibility index (Phi) is 7.66. The van der Waals surface area contributed by atoms with Gasteiger partial charge in [0.25, 0.3) is 10.0 Å². The molecule has 32 heavy (non-hydrogen) atoms. The molecule has 0 fully saturated rings. The lowest BCUT2D eigenvalue weighted by atomic mass is 10.2. The van der Waals surface area contributed by atoms with Crippen LogP contribution in [0, 0.1) is 0 Å². The SMILES string of the molecule is COc1ccccc1NC(=O)CN(c1ccccc1OC)S(=O)(=O)c1ccc(SC)cc1. The van der Waals surface area contributed by atoms with E-state index in [4.69, 9.17) is 9.47 Å². The predicted octanol–water partition coefficient (Wildman–Crippen LogP) is 4.26. The second kappa shape index (κ2) is 10.4. The molecule has 0 spiro atoms. The van der Waals surface area contributed by atoms with E-state index in [1.165, 1.54) is 38.1 Å². The lowest BCUT2D eigenvalue weighted by molar-refractivity contribution is -0.114. The minimum Gasteiger partial charge on any atom is -0.495 e. The molecular weight excluding hydrogens is 448 g/mol. The van der Waals surface area contributed by atoms with E-state index in [0.717, 1.165) is 9.20 Å². The van der Waals surface area contributed by atoms with Crippen molar-refractivity contribution in [3.8, 4) is 11.5 Å². The average molecular weight is 473 g/mol. The Bertz CT molecular complexity index is 1180. The molecule has 0 bridgehead atoms. The number of nitrogens with zero attached hydrogens (tertiary/aromatic N) is 1. The largest absolute Gasteiger partial charge is 0.495 e. The second-order valence-electron chi connectivity index (χ2n) is 6.61. The molecule has 0 saturated heterocycles. The molecule has 0 radical (unpaired) electrons. The third-order valence-electron chi connectivity index (χ3n) is 4.67. The summed E-state index contributed by atoms with van der Waals surface area (Å²) in [6, 6.07) is 20.1. The van der Waals surface area contributed by atoms with Crippen LogP contribution in [0.5, 0.6) is 11.5 Å². The van der Waals surface area contributed by atoms with Gasteiger partial charge in [-0.3, -0.25) is 9.10 Å². The van der Waals surface area contributed by atoms with E-state index in [9.17, 15) is 13.2 Å². The summed E-state index contributed by atoms with van der Waals surface area (Å²) in [6.45, 7) is -0.453. The van der Waals surface area contributed by atoms with Crippen molar-refractivity contribution in [2.45, 2.75) is 9.79 Å². The minimum absolute atomic E-state index is 0.0753. The normalized spacial score (nSPS) is 11.0. The molecule has 0 aliphatic rings. The third kappa shape index (κ3) is 5.17. The Hall–Kier alpha value is -3.17. The quantitative estimate of drug-likeness (QED) is 0.469. The number of ether oxygens (including phenoxy) is 2. The van der Waals surface area contributed by atoms with Gasteiger partial charge in [-0.1, -0.05) is 24.3 Å². The van der Waals surface area contributed by atoms with Gasteiger partial charge in [0.05, 0.1) is 30.5 Å². The van der Waals surface area contributed by atoms with Crippen molar-refractivity contribution in [3.63, 3.8) is 0 Å². The number of para-hydroxylation sites is 4. The molecule has 3 rings (SSSR count). The molecule has 168 valence electrons. The van der Waals surface area contributed by atoms with Crippen LogP contribution in [-0.4, -0.2) is 41.3 Å². The fraction of sp³-hybridized carbons (Fsp3) is 0.174.